The van der Waals surface area contributed by atoms with Crippen LogP contribution in [0.3, 0.4) is 0 Å². The van der Waals surface area contributed by atoms with Gasteiger partial charge in [0.15, 0.2) is 6.23 Å². The van der Waals surface area contributed by atoms with Crippen molar-refractivity contribution in [2.45, 2.75) is 39.3 Å². The lowest BCUT2D eigenvalue weighted by molar-refractivity contribution is -0.0366. The molecule has 0 spiro atoms. The molecule has 1 fully saturated rings. The monoisotopic (exact) mass is 230 g/mol. The van der Waals surface area contributed by atoms with Crippen LogP contribution >= 0.6 is 0 Å². The second-order valence-electron chi connectivity index (χ2n) is 4.91. The molecule has 0 N–H and O–H groups in total. The summed E-state index contributed by atoms with van der Waals surface area (Å²) >= 11 is 0. The fourth-order valence-electron chi connectivity index (χ4n) is 2.46. The van der Waals surface area contributed by atoms with Gasteiger partial charge in [0, 0.05) is 12.0 Å². The van der Waals surface area contributed by atoms with Gasteiger partial charge in [-0.25, -0.2) is 4.68 Å². The summed E-state index contributed by atoms with van der Waals surface area (Å²) < 4.78 is 7.84. The summed E-state index contributed by atoms with van der Waals surface area (Å²) in [7, 11) is 0. The van der Waals surface area contributed by atoms with Crippen LogP contribution in [0.15, 0.2) is 18.3 Å². The van der Waals surface area contributed by atoms with Crippen LogP contribution in [-0.2, 0) is 4.74 Å². The number of hydrogen-bond acceptors (Lipinski definition) is 2. The van der Waals surface area contributed by atoms with Crippen LogP contribution in [0.5, 0.6) is 0 Å². The van der Waals surface area contributed by atoms with Crippen molar-refractivity contribution in [3.8, 4) is 0 Å². The highest BCUT2D eigenvalue weighted by Gasteiger charge is 2.18. The summed E-state index contributed by atoms with van der Waals surface area (Å²) in [6.45, 7) is 5.15. The van der Waals surface area contributed by atoms with Gasteiger partial charge in [-0.05, 0) is 56.4 Å². The molecule has 17 heavy (non-hydrogen) atoms. The van der Waals surface area contributed by atoms with Crippen molar-refractivity contribution >= 4 is 10.9 Å². The van der Waals surface area contributed by atoms with E-state index in [0.29, 0.717) is 0 Å². The average Bonchev–Trinajstić information content (AvgIpc) is 2.74. The summed E-state index contributed by atoms with van der Waals surface area (Å²) in [6, 6.07) is 4.42. The van der Waals surface area contributed by atoms with Crippen molar-refractivity contribution in [1.29, 1.82) is 0 Å². The molecule has 0 saturated carbocycles. The van der Waals surface area contributed by atoms with E-state index in [9.17, 15) is 0 Å². The molecule has 2 aromatic rings. The van der Waals surface area contributed by atoms with Gasteiger partial charge in [0.2, 0.25) is 0 Å². The molecular weight excluding hydrogens is 212 g/mol. The highest BCUT2D eigenvalue weighted by molar-refractivity contribution is 5.80. The number of hydrogen-bond donors (Lipinski definition) is 0. The minimum absolute atomic E-state index is 0.128. The lowest BCUT2D eigenvalue weighted by Gasteiger charge is -2.23. The molecule has 3 nitrogen and oxygen atoms in total. The second-order valence-corrected chi connectivity index (χ2v) is 4.91. The fourth-order valence-corrected chi connectivity index (χ4v) is 2.46. The van der Waals surface area contributed by atoms with E-state index >= 15 is 0 Å². The quantitative estimate of drug-likeness (QED) is 0.751. The molecule has 1 aliphatic rings. The Hall–Kier alpha value is -1.35. The van der Waals surface area contributed by atoms with E-state index in [1.165, 1.54) is 34.9 Å². The standard InChI is InChI=1S/C14H18N2O/c1-10-7-12-9-15-16(13(12)8-11(10)2)14-5-3-4-6-17-14/h7-9,14H,3-6H2,1-2H3. The molecule has 90 valence electrons. The van der Waals surface area contributed by atoms with Crippen LogP contribution in [0.4, 0.5) is 0 Å². The molecule has 0 amide bonds. The molecule has 2 heterocycles. The number of rotatable bonds is 1. The minimum atomic E-state index is 0.128. The predicted octanol–water partition coefficient (Wildman–Crippen LogP) is 3.35. The van der Waals surface area contributed by atoms with E-state index in [1.54, 1.807) is 0 Å². The molecule has 0 bridgehead atoms. The van der Waals surface area contributed by atoms with Gasteiger partial charge in [0.1, 0.15) is 0 Å². The van der Waals surface area contributed by atoms with Crippen molar-refractivity contribution in [2.75, 3.05) is 6.61 Å². The van der Waals surface area contributed by atoms with Crippen molar-refractivity contribution in [2.24, 2.45) is 0 Å². The molecule has 1 saturated heterocycles. The SMILES string of the molecule is Cc1cc2cnn(C3CCCCO3)c2cc1C. The molecule has 1 atom stereocenters. The normalized spacial score (nSPS) is 20.9. The minimum Gasteiger partial charge on any atom is -0.356 e. The lowest BCUT2D eigenvalue weighted by Crippen LogP contribution is -2.18. The largest absolute Gasteiger partial charge is 0.356 e. The van der Waals surface area contributed by atoms with Crippen molar-refractivity contribution < 1.29 is 4.74 Å². The lowest BCUT2D eigenvalue weighted by atomic mass is 10.1. The molecule has 0 radical (unpaired) electrons. The van der Waals surface area contributed by atoms with Gasteiger partial charge < -0.3 is 4.74 Å². The molecule has 0 aliphatic carbocycles. The van der Waals surface area contributed by atoms with Crippen LogP contribution < -0.4 is 0 Å². The van der Waals surface area contributed by atoms with Crippen molar-refractivity contribution in [1.82, 2.24) is 9.78 Å². The molecule has 1 unspecified atom stereocenters. The first-order chi connectivity index (χ1) is 8.25. The summed E-state index contributed by atoms with van der Waals surface area (Å²) in [4.78, 5) is 0. The van der Waals surface area contributed by atoms with Crippen molar-refractivity contribution in [3.05, 3.63) is 29.5 Å². The Morgan fingerprint density at radius 2 is 2.06 bits per heavy atom. The number of fused-ring (bicyclic) bond motifs is 1. The molecule has 3 rings (SSSR count). The van der Waals surface area contributed by atoms with E-state index in [-0.39, 0.29) is 6.23 Å². The average molecular weight is 230 g/mol. The maximum atomic E-state index is 5.80. The zero-order valence-electron chi connectivity index (χ0n) is 10.4. The summed E-state index contributed by atoms with van der Waals surface area (Å²) in [6.07, 6.45) is 5.55. The van der Waals surface area contributed by atoms with Gasteiger partial charge in [0.25, 0.3) is 0 Å². The number of nitrogens with zero attached hydrogens (tertiary/aromatic N) is 2. The fraction of sp³-hybridized carbons (Fsp3) is 0.500. The number of benzene rings is 1. The first kappa shape index (κ1) is 10.8. The number of aryl methyl sites for hydroxylation is 2. The van der Waals surface area contributed by atoms with Crippen molar-refractivity contribution in [3.63, 3.8) is 0 Å². The smallest absolute Gasteiger partial charge is 0.150 e. The summed E-state index contributed by atoms with van der Waals surface area (Å²) in [5.41, 5.74) is 3.83. The Labute approximate surface area is 101 Å². The summed E-state index contributed by atoms with van der Waals surface area (Å²) in [5.74, 6) is 0. The number of aromatic nitrogens is 2. The predicted molar refractivity (Wildman–Crippen MR) is 68.0 cm³/mol. The highest BCUT2D eigenvalue weighted by Crippen LogP contribution is 2.27. The highest BCUT2D eigenvalue weighted by atomic mass is 16.5. The van der Waals surface area contributed by atoms with Gasteiger partial charge >= 0.3 is 0 Å². The third-order valence-corrected chi connectivity index (χ3v) is 3.64. The zero-order chi connectivity index (χ0) is 11.8. The maximum Gasteiger partial charge on any atom is 0.150 e. The molecule has 1 aromatic carbocycles. The van der Waals surface area contributed by atoms with Crippen LogP contribution in [0.1, 0.15) is 36.6 Å². The van der Waals surface area contributed by atoms with Gasteiger partial charge in [-0.1, -0.05) is 0 Å². The van der Waals surface area contributed by atoms with Gasteiger partial charge in [-0.2, -0.15) is 5.10 Å². The van der Waals surface area contributed by atoms with Crippen LogP contribution in [0, 0.1) is 13.8 Å². The topological polar surface area (TPSA) is 27.1 Å². The van der Waals surface area contributed by atoms with Gasteiger partial charge in [-0.15, -0.1) is 0 Å². The van der Waals surface area contributed by atoms with Gasteiger partial charge in [-0.3, -0.25) is 0 Å². The first-order valence-electron chi connectivity index (χ1n) is 6.32. The Morgan fingerprint density at radius 3 is 2.82 bits per heavy atom. The molecule has 1 aliphatic heterocycles. The molecule has 3 heteroatoms. The third kappa shape index (κ3) is 1.84. The molecule has 1 aromatic heterocycles. The Bertz CT molecular complexity index is 538. The van der Waals surface area contributed by atoms with Gasteiger partial charge in [0.05, 0.1) is 11.7 Å². The second kappa shape index (κ2) is 4.15. The van der Waals surface area contributed by atoms with E-state index in [1.807, 2.05) is 10.9 Å². The van der Waals surface area contributed by atoms with E-state index < -0.39 is 0 Å². The number of ether oxygens (including phenoxy) is 1. The van der Waals surface area contributed by atoms with E-state index in [2.05, 4.69) is 31.1 Å². The zero-order valence-corrected chi connectivity index (χ0v) is 10.4. The van der Waals surface area contributed by atoms with Crippen LogP contribution in [-0.4, -0.2) is 16.4 Å². The van der Waals surface area contributed by atoms with Crippen LogP contribution in [0.2, 0.25) is 0 Å². The van der Waals surface area contributed by atoms with E-state index in [4.69, 9.17) is 4.74 Å². The molecular formula is C14H18N2O. The van der Waals surface area contributed by atoms with E-state index in [0.717, 1.165) is 13.0 Å². The Morgan fingerprint density at radius 1 is 1.24 bits per heavy atom. The van der Waals surface area contributed by atoms with Crippen LogP contribution in [0.25, 0.3) is 10.9 Å². The maximum absolute atomic E-state index is 5.80. The Balaban J connectivity index is 2.07. The Kier molecular flexibility index (Phi) is 2.63. The first-order valence-corrected chi connectivity index (χ1v) is 6.32. The third-order valence-electron chi connectivity index (χ3n) is 3.64. The summed E-state index contributed by atoms with van der Waals surface area (Å²) in [5, 5.41) is 5.70.